The molecule has 1 aliphatic carbocycles. The highest BCUT2D eigenvalue weighted by atomic mass is 35.5. The van der Waals surface area contributed by atoms with E-state index in [1.54, 1.807) is 11.3 Å². The van der Waals surface area contributed by atoms with E-state index in [1.165, 1.54) is 30.6 Å². The van der Waals surface area contributed by atoms with E-state index < -0.39 is 0 Å². The molecule has 2 aliphatic rings. The Bertz CT molecular complexity index is 439. The Morgan fingerprint density at radius 1 is 1.35 bits per heavy atom. The zero-order chi connectivity index (χ0) is 14.0. The Balaban J connectivity index is 1.93. The van der Waals surface area contributed by atoms with Gasteiger partial charge in [-0.25, -0.2) is 0 Å². The number of thiophene rings is 1. The average molecular weight is 315 g/mol. The summed E-state index contributed by atoms with van der Waals surface area (Å²) in [6.07, 6.45) is 5.15. The standard InChI is InChI=1S/C15H23ClN2OS/c1-17-14(13-12(16)4-11-20-13)15(5-2-3-6-15)18-7-9-19-10-8-18/h4,11,14,17H,2-3,5-10H2,1H3. The summed E-state index contributed by atoms with van der Waals surface area (Å²) in [5.41, 5.74) is 0.215. The van der Waals surface area contributed by atoms with E-state index in [0.717, 1.165) is 31.3 Å². The van der Waals surface area contributed by atoms with Crippen LogP contribution >= 0.6 is 22.9 Å². The molecule has 1 unspecified atom stereocenters. The minimum Gasteiger partial charge on any atom is -0.379 e. The molecule has 0 amide bonds. The molecule has 1 aromatic rings. The van der Waals surface area contributed by atoms with Crippen molar-refractivity contribution in [2.45, 2.75) is 37.3 Å². The van der Waals surface area contributed by atoms with Crippen LogP contribution in [0.4, 0.5) is 0 Å². The summed E-state index contributed by atoms with van der Waals surface area (Å²) in [4.78, 5) is 3.95. The van der Waals surface area contributed by atoms with Crippen LogP contribution < -0.4 is 5.32 Å². The first kappa shape index (κ1) is 14.8. The smallest absolute Gasteiger partial charge is 0.0614 e. The average Bonchev–Trinajstić information content (AvgIpc) is 3.12. The van der Waals surface area contributed by atoms with Crippen LogP contribution in [0.25, 0.3) is 0 Å². The van der Waals surface area contributed by atoms with Crippen molar-refractivity contribution in [1.29, 1.82) is 0 Å². The van der Waals surface area contributed by atoms with E-state index in [0.29, 0.717) is 6.04 Å². The molecular weight excluding hydrogens is 292 g/mol. The van der Waals surface area contributed by atoms with Gasteiger partial charge in [-0.05, 0) is 31.3 Å². The maximum Gasteiger partial charge on any atom is 0.0614 e. The first-order valence-corrected chi connectivity index (χ1v) is 8.76. The summed E-state index contributed by atoms with van der Waals surface area (Å²) in [7, 11) is 2.07. The van der Waals surface area contributed by atoms with Crippen LogP contribution in [0.15, 0.2) is 11.4 Å². The fourth-order valence-electron chi connectivity index (χ4n) is 3.94. The SMILES string of the molecule is CNC(c1sccc1Cl)C1(N2CCOCC2)CCCC1. The van der Waals surface area contributed by atoms with Crippen LogP contribution in [0.3, 0.4) is 0 Å². The van der Waals surface area contributed by atoms with E-state index in [2.05, 4.69) is 22.6 Å². The molecule has 2 fully saturated rings. The molecule has 1 atom stereocenters. The predicted octanol–water partition coefficient (Wildman–Crippen LogP) is 3.31. The Morgan fingerprint density at radius 2 is 2.05 bits per heavy atom. The number of hydrogen-bond donors (Lipinski definition) is 1. The van der Waals surface area contributed by atoms with Crippen molar-refractivity contribution in [3.05, 3.63) is 21.3 Å². The number of halogens is 1. The third-order valence-corrected chi connectivity index (χ3v) is 6.27. The number of nitrogens with one attached hydrogen (secondary N) is 1. The lowest BCUT2D eigenvalue weighted by Gasteiger charge is -2.48. The maximum atomic E-state index is 6.42. The highest BCUT2D eigenvalue weighted by molar-refractivity contribution is 7.10. The van der Waals surface area contributed by atoms with Gasteiger partial charge in [0.15, 0.2) is 0 Å². The highest BCUT2D eigenvalue weighted by Crippen LogP contribution is 2.47. The van der Waals surface area contributed by atoms with Gasteiger partial charge in [-0.1, -0.05) is 24.4 Å². The molecule has 0 radical (unpaired) electrons. The molecule has 1 saturated carbocycles. The number of hydrogen-bond acceptors (Lipinski definition) is 4. The zero-order valence-electron chi connectivity index (χ0n) is 12.0. The molecule has 3 rings (SSSR count). The Hall–Kier alpha value is -0.130. The van der Waals surface area contributed by atoms with Crippen molar-refractivity contribution in [2.24, 2.45) is 0 Å². The fraction of sp³-hybridized carbons (Fsp3) is 0.733. The second kappa shape index (κ2) is 6.32. The van der Waals surface area contributed by atoms with Crippen molar-refractivity contribution in [3.8, 4) is 0 Å². The van der Waals surface area contributed by atoms with Gasteiger partial charge in [-0.15, -0.1) is 11.3 Å². The second-order valence-electron chi connectivity index (χ2n) is 5.76. The van der Waals surface area contributed by atoms with Gasteiger partial charge in [0.05, 0.1) is 24.3 Å². The topological polar surface area (TPSA) is 24.5 Å². The number of likely N-dealkylation sites (N-methyl/N-ethyl adjacent to an activating group) is 1. The predicted molar refractivity (Wildman–Crippen MR) is 84.7 cm³/mol. The molecule has 0 aromatic carbocycles. The minimum atomic E-state index is 0.215. The summed E-state index contributed by atoms with van der Waals surface area (Å²) in [6, 6.07) is 2.35. The van der Waals surface area contributed by atoms with Crippen LogP contribution in [0, 0.1) is 0 Å². The summed E-state index contributed by atoms with van der Waals surface area (Å²) < 4.78 is 5.55. The van der Waals surface area contributed by atoms with Gasteiger partial charge in [-0.3, -0.25) is 4.90 Å². The molecular formula is C15H23ClN2OS. The first-order chi connectivity index (χ1) is 9.78. The fourth-order valence-corrected chi connectivity index (χ4v) is 5.32. The van der Waals surface area contributed by atoms with Gasteiger partial charge < -0.3 is 10.1 Å². The lowest BCUT2D eigenvalue weighted by atomic mass is 9.84. The van der Waals surface area contributed by atoms with E-state index in [9.17, 15) is 0 Å². The molecule has 1 saturated heterocycles. The van der Waals surface area contributed by atoms with Crippen LogP contribution in [-0.2, 0) is 4.74 Å². The van der Waals surface area contributed by atoms with Gasteiger partial charge in [0.25, 0.3) is 0 Å². The first-order valence-electron chi connectivity index (χ1n) is 7.51. The lowest BCUT2D eigenvalue weighted by molar-refractivity contribution is -0.0349. The molecule has 1 aliphatic heterocycles. The second-order valence-corrected chi connectivity index (χ2v) is 7.12. The number of nitrogens with zero attached hydrogens (tertiary/aromatic N) is 1. The number of morpholine rings is 1. The van der Waals surface area contributed by atoms with Gasteiger partial charge in [0, 0.05) is 23.5 Å². The third-order valence-electron chi connectivity index (χ3n) is 4.84. The van der Waals surface area contributed by atoms with Gasteiger partial charge in [-0.2, -0.15) is 0 Å². The third kappa shape index (κ3) is 2.53. The molecule has 20 heavy (non-hydrogen) atoms. The molecule has 1 aromatic heterocycles. The number of rotatable bonds is 4. The minimum absolute atomic E-state index is 0.215. The van der Waals surface area contributed by atoms with Gasteiger partial charge in [0.1, 0.15) is 0 Å². The number of ether oxygens (including phenoxy) is 1. The highest BCUT2D eigenvalue weighted by Gasteiger charge is 2.47. The quantitative estimate of drug-likeness (QED) is 0.923. The van der Waals surface area contributed by atoms with E-state index in [-0.39, 0.29) is 5.54 Å². The van der Waals surface area contributed by atoms with Crippen LogP contribution in [0.1, 0.15) is 36.6 Å². The summed E-state index contributed by atoms with van der Waals surface area (Å²) in [5, 5.41) is 6.58. The molecule has 0 spiro atoms. The van der Waals surface area contributed by atoms with Crippen LogP contribution in [0.5, 0.6) is 0 Å². The van der Waals surface area contributed by atoms with Crippen molar-refractivity contribution in [1.82, 2.24) is 10.2 Å². The Labute approximate surface area is 130 Å². The van der Waals surface area contributed by atoms with Crippen molar-refractivity contribution >= 4 is 22.9 Å². The summed E-state index contributed by atoms with van der Waals surface area (Å²) in [6.45, 7) is 3.80. The van der Waals surface area contributed by atoms with E-state index >= 15 is 0 Å². The molecule has 5 heteroatoms. The van der Waals surface area contributed by atoms with Gasteiger partial charge >= 0.3 is 0 Å². The largest absolute Gasteiger partial charge is 0.379 e. The van der Waals surface area contributed by atoms with Crippen molar-refractivity contribution < 1.29 is 4.74 Å². The summed E-state index contributed by atoms with van der Waals surface area (Å²) in [5.74, 6) is 0. The normalized spacial score (nSPS) is 24.9. The summed E-state index contributed by atoms with van der Waals surface area (Å²) >= 11 is 8.20. The maximum absolute atomic E-state index is 6.42. The molecule has 2 heterocycles. The van der Waals surface area contributed by atoms with Gasteiger partial charge in [0.2, 0.25) is 0 Å². The molecule has 0 bridgehead atoms. The van der Waals surface area contributed by atoms with Crippen molar-refractivity contribution in [3.63, 3.8) is 0 Å². The molecule has 3 nitrogen and oxygen atoms in total. The molecule has 112 valence electrons. The molecule has 1 N–H and O–H groups in total. The Morgan fingerprint density at radius 3 is 2.60 bits per heavy atom. The van der Waals surface area contributed by atoms with E-state index in [1.807, 2.05) is 6.07 Å². The lowest BCUT2D eigenvalue weighted by Crippen LogP contribution is -2.57. The van der Waals surface area contributed by atoms with Crippen molar-refractivity contribution in [2.75, 3.05) is 33.4 Å². The monoisotopic (exact) mass is 314 g/mol. The Kier molecular flexibility index (Phi) is 4.68. The van der Waals surface area contributed by atoms with Crippen LogP contribution in [0.2, 0.25) is 5.02 Å². The zero-order valence-corrected chi connectivity index (χ0v) is 13.6. The van der Waals surface area contributed by atoms with E-state index in [4.69, 9.17) is 16.3 Å². The van der Waals surface area contributed by atoms with Crippen LogP contribution in [-0.4, -0.2) is 43.8 Å².